The van der Waals surface area contributed by atoms with E-state index < -0.39 is 5.97 Å². The van der Waals surface area contributed by atoms with E-state index in [1.165, 1.54) is 0 Å². The molecule has 0 bridgehead atoms. The lowest BCUT2D eigenvalue weighted by molar-refractivity contribution is -0.140. The van der Waals surface area contributed by atoms with Crippen LogP contribution in [0.5, 0.6) is 0 Å². The maximum Gasteiger partial charge on any atom is 0.303 e. The van der Waals surface area contributed by atoms with E-state index in [9.17, 15) is 9.59 Å². The van der Waals surface area contributed by atoms with Gasteiger partial charge in [0.2, 0.25) is 5.91 Å². The van der Waals surface area contributed by atoms with E-state index in [4.69, 9.17) is 5.11 Å². The average Bonchev–Trinajstić information content (AvgIpc) is 2.62. The summed E-state index contributed by atoms with van der Waals surface area (Å²) in [5.74, 6) is -0.00761. The standard InChI is InChI=1S/C14H23NO3/c1-10-6-11(7-10)15-12(16)8-14(9-13(17)18)4-2-3-5-14/h10-11H,2-9H2,1H3,(H,15,16)(H,17,18). The number of carboxylic acid groups (broad SMARTS) is 1. The number of amides is 1. The lowest BCUT2D eigenvalue weighted by Crippen LogP contribution is -2.45. The van der Waals surface area contributed by atoms with Gasteiger partial charge in [0.15, 0.2) is 0 Å². The van der Waals surface area contributed by atoms with E-state index in [-0.39, 0.29) is 17.7 Å². The lowest BCUT2D eigenvalue weighted by Gasteiger charge is -2.34. The molecule has 0 saturated heterocycles. The number of carbonyl (C=O) groups excluding carboxylic acids is 1. The molecule has 2 N–H and O–H groups in total. The fourth-order valence-corrected chi connectivity index (χ4v) is 3.50. The molecular weight excluding hydrogens is 230 g/mol. The molecule has 0 spiro atoms. The van der Waals surface area contributed by atoms with Crippen molar-refractivity contribution in [2.75, 3.05) is 0 Å². The first-order chi connectivity index (χ1) is 8.49. The molecule has 18 heavy (non-hydrogen) atoms. The first-order valence-electron chi connectivity index (χ1n) is 7.00. The minimum absolute atomic E-state index is 0.0510. The molecule has 0 aromatic rings. The fourth-order valence-electron chi connectivity index (χ4n) is 3.50. The van der Waals surface area contributed by atoms with Gasteiger partial charge in [0.25, 0.3) is 0 Å². The minimum atomic E-state index is -0.776. The number of carboxylic acids is 1. The van der Waals surface area contributed by atoms with Gasteiger partial charge in [0.1, 0.15) is 0 Å². The normalized spacial score (nSPS) is 29.6. The summed E-state index contributed by atoms with van der Waals surface area (Å²) in [5.41, 5.74) is -0.273. The maximum absolute atomic E-state index is 12.0. The summed E-state index contributed by atoms with van der Waals surface area (Å²) < 4.78 is 0. The number of aliphatic carboxylic acids is 1. The third-order valence-corrected chi connectivity index (χ3v) is 4.46. The Bertz CT molecular complexity index is 328. The monoisotopic (exact) mass is 253 g/mol. The van der Waals surface area contributed by atoms with Crippen LogP contribution in [0.4, 0.5) is 0 Å². The largest absolute Gasteiger partial charge is 0.481 e. The molecule has 2 aliphatic carbocycles. The van der Waals surface area contributed by atoms with Gasteiger partial charge in [0, 0.05) is 12.5 Å². The van der Waals surface area contributed by atoms with Gasteiger partial charge in [-0.2, -0.15) is 0 Å². The number of nitrogens with one attached hydrogen (secondary N) is 1. The highest BCUT2D eigenvalue weighted by Crippen LogP contribution is 2.44. The molecule has 0 aromatic heterocycles. The van der Waals surface area contributed by atoms with Crippen molar-refractivity contribution in [3.05, 3.63) is 0 Å². The second kappa shape index (κ2) is 5.29. The van der Waals surface area contributed by atoms with Crippen molar-refractivity contribution in [1.29, 1.82) is 0 Å². The second-order valence-electron chi connectivity index (χ2n) is 6.30. The van der Waals surface area contributed by atoms with Crippen LogP contribution in [0.2, 0.25) is 0 Å². The summed E-state index contributed by atoms with van der Waals surface area (Å²) in [4.78, 5) is 22.9. The van der Waals surface area contributed by atoms with Crippen molar-refractivity contribution in [3.8, 4) is 0 Å². The topological polar surface area (TPSA) is 66.4 Å². The Balaban J connectivity index is 1.84. The Morgan fingerprint density at radius 2 is 1.83 bits per heavy atom. The predicted molar refractivity (Wildman–Crippen MR) is 68.1 cm³/mol. The molecule has 4 heteroatoms. The van der Waals surface area contributed by atoms with Crippen molar-refractivity contribution in [2.24, 2.45) is 11.3 Å². The lowest BCUT2D eigenvalue weighted by atomic mass is 9.78. The number of carbonyl (C=O) groups is 2. The summed E-state index contributed by atoms with van der Waals surface area (Å²) >= 11 is 0. The molecule has 0 radical (unpaired) electrons. The van der Waals surface area contributed by atoms with Crippen molar-refractivity contribution in [3.63, 3.8) is 0 Å². The third-order valence-electron chi connectivity index (χ3n) is 4.46. The zero-order valence-electron chi connectivity index (χ0n) is 11.1. The van der Waals surface area contributed by atoms with Gasteiger partial charge in [-0.3, -0.25) is 9.59 Å². The average molecular weight is 253 g/mol. The van der Waals surface area contributed by atoms with Crippen LogP contribution < -0.4 is 5.32 Å². The molecule has 0 heterocycles. The Morgan fingerprint density at radius 1 is 1.22 bits per heavy atom. The Labute approximate surface area is 108 Å². The highest BCUT2D eigenvalue weighted by molar-refractivity contribution is 5.78. The number of hydrogen-bond acceptors (Lipinski definition) is 2. The van der Waals surface area contributed by atoms with Gasteiger partial charge in [-0.05, 0) is 37.0 Å². The van der Waals surface area contributed by atoms with Crippen LogP contribution in [0, 0.1) is 11.3 Å². The van der Waals surface area contributed by atoms with E-state index >= 15 is 0 Å². The third kappa shape index (κ3) is 3.24. The van der Waals surface area contributed by atoms with Crippen LogP contribution in [0.25, 0.3) is 0 Å². The highest BCUT2D eigenvalue weighted by Gasteiger charge is 2.38. The maximum atomic E-state index is 12.0. The van der Waals surface area contributed by atoms with Crippen LogP contribution in [0.3, 0.4) is 0 Å². The minimum Gasteiger partial charge on any atom is -0.481 e. The summed E-state index contributed by atoms with van der Waals surface area (Å²) in [5, 5.41) is 12.0. The van der Waals surface area contributed by atoms with E-state index in [1.54, 1.807) is 0 Å². The molecule has 2 rings (SSSR count). The zero-order valence-corrected chi connectivity index (χ0v) is 11.1. The summed E-state index contributed by atoms with van der Waals surface area (Å²) in [6.45, 7) is 2.19. The molecule has 2 fully saturated rings. The van der Waals surface area contributed by atoms with Gasteiger partial charge in [0.05, 0.1) is 6.42 Å². The molecule has 2 aliphatic rings. The highest BCUT2D eigenvalue weighted by atomic mass is 16.4. The Morgan fingerprint density at radius 3 is 2.33 bits per heavy atom. The molecule has 0 aliphatic heterocycles. The number of hydrogen-bond donors (Lipinski definition) is 2. The molecule has 0 unspecified atom stereocenters. The van der Waals surface area contributed by atoms with Crippen LogP contribution in [-0.4, -0.2) is 23.0 Å². The van der Waals surface area contributed by atoms with Gasteiger partial charge < -0.3 is 10.4 Å². The Kier molecular flexibility index (Phi) is 3.93. The molecule has 4 nitrogen and oxygen atoms in total. The summed E-state index contributed by atoms with van der Waals surface area (Å²) in [6.07, 6.45) is 6.55. The van der Waals surface area contributed by atoms with Crippen molar-refractivity contribution < 1.29 is 14.7 Å². The van der Waals surface area contributed by atoms with E-state index in [0.29, 0.717) is 12.5 Å². The molecule has 2 saturated carbocycles. The van der Waals surface area contributed by atoms with Crippen LogP contribution in [0.1, 0.15) is 58.3 Å². The van der Waals surface area contributed by atoms with E-state index in [1.807, 2.05) is 0 Å². The second-order valence-corrected chi connectivity index (χ2v) is 6.30. The molecule has 102 valence electrons. The van der Waals surface area contributed by atoms with Crippen molar-refractivity contribution in [2.45, 2.75) is 64.3 Å². The zero-order chi connectivity index (χ0) is 13.2. The smallest absolute Gasteiger partial charge is 0.303 e. The molecule has 0 atom stereocenters. The SMILES string of the molecule is CC1CC(NC(=O)CC2(CC(=O)O)CCCC2)C1. The predicted octanol–water partition coefficient (Wildman–Crippen LogP) is 2.33. The quantitative estimate of drug-likeness (QED) is 0.790. The first-order valence-corrected chi connectivity index (χ1v) is 7.00. The van der Waals surface area contributed by atoms with Crippen LogP contribution >= 0.6 is 0 Å². The van der Waals surface area contributed by atoms with Crippen LogP contribution in [-0.2, 0) is 9.59 Å². The van der Waals surface area contributed by atoms with Gasteiger partial charge >= 0.3 is 5.97 Å². The molecule has 1 amide bonds. The molecular formula is C14H23NO3. The number of rotatable bonds is 5. The van der Waals surface area contributed by atoms with Gasteiger partial charge in [-0.25, -0.2) is 0 Å². The summed E-state index contributed by atoms with van der Waals surface area (Å²) in [7, 11) is 0. The van der Waals surface area contributed by atoms with Gasteiger partial charge in [-0.15, -0.1) is 0 Å². The first kappa shape index (κ1) is 13.4. The summed E-state index contributed by atoms with van der Waals surface area (Å²) in [6, 6.07) is 0.329. The Hall–Kier alpha value is -1.06. The fraction of sp³-hybridized carbons (Fsp3) is 0.857. The van der Waals surface area contributed by atoms with Crippen LogP contribution in [0.15, 0.2) is 0 Å². The van der Waals surface area contributed by atoms with Gasteiger partial charge in [-0.1, -0.05) is 19.8 Å². The molecule has 0 aromatic carbocycles. The van der Waals surface area contributed by atoms with Crippen molar-refractivity contribution >= 4 is 11.9 Å². The van der Waals surface area contributed by atoms with Crippen molar-refractivity contribution in [1.82, 2.24) is 5.32 Å². The van der Waals surface area contributed by atoms with E-state index in [0.717, 1.165) is 44.4 Å². The van der Waals surface area contributed by atoms with E-state index in [2.05, 4.69) is 12.2 Å².